The molecule has 3 aromatic rings. The van der Waals surface area contributed by atoms with Crippen LogP contribution in [0.1, 0.15) is 11.1 Å². The Bertz CT molecular complexity index is 1300. The van der Waals surface area contributed by atoms with Gasteiger partial charge < -0.3 is 10.7 Å². The lowest BCUT2D eigenvalue weighted by Crippen LogP contribution is -2.36. The molecule has 0 aliphatic carbocycles. The van der Waals surface area contributed by atoms with Gasteiger partial charge in [-0.3, -0.25) is 19.2 Å². The maximum absolute atomic E-state index is 13.0. The van der Waals surface area contributed by atoms with E-state index in [1.54, 1.807) is 17.8 Å². The van der Waals surface area contributed by atoms with Gasteiger partial charge in [0.2, 0.25) is 5.91 Å². The number of thiophene rings is 1. The summed E-state index contributed by atoms with van der Waals surface area (Å²) < 4.78 is 40.0. The second kappa shape index (κ2) is 7.78. The van der Waals surface area contributed by atoms with Crippen LogP contribution in [-0.2, 0) is 17.5 Å². The summed E-state index contributed by atoms with van der Waals surface area (Å²) in [6.07, 6.45) is -1.31. The molecule has 0 unspecified atom stereocenters. The quantitative estimate of drug-likeness (QED) is 0.570. The predicted octanol–water partition coefficient (Wildman–Crippen LogP) is 2.89. The molecule has 2 aromatic heterocycles. The Balaban J connectivity index is 1.63. The minimum atomic E-state index is -4.52. The second-order valence-electron chi connectivity index (χ2n) is 6.46. The van der Waals surface area contributed by atoms with Gasteiger partial charge in [0.1, 0.15) is 23.3 Å². The molecule has 0 fully saturated rings. The molecule has 0 atom stereocenters. The van der Waals surface area contributed by atoms with E-state index in [1.807, 2.05) is 6.07 Å². The molecule has 0 spiro atoms. The number of nitrogens with zero attached hydrogens (tertiary/aromatic N) is 3. The summed E-state index contributed by atoms with van der Waals surface area (Å²) in [4.78, 5) is 25.0. The maximum atomic E-state index is 13.0. The zero-order chi connectivity index (χ0) is 22.2. The van der Waals surface area contributed by atoms with Crippen LogP contribution in [0.2, 0.25) is 0 Å². The standard InChI is InChI=1S/C19H13F3N6O2S/c20-19(21,22)13-2-3-14-11(7-13)1-4-16(30)27(14)9-15(29)25-18-17(12(8-23)10-31-18)28-6-5-24-26-28/h1-7,10,24,26H,9H2,(H,25,29). The van der Waals surface area contributed by atoms with Crippen LogP contribution < -0.4 is 26.8 Å². The van der Waals surface area contributed by atoms with Crippen LogP contribution in [0.15, 0.2) is 52.9 Å². The van der Waals surface area contributed by atoms with Gasteiger partial charge in [0.05, 0.1) is 16.6 Å². The molecule has 3 N–H and O–H groups in total. The summed E-state index contributed by atoms with van der Waals surface area (Å²) in [5, 5.41) is 15.6. The highest BCUT2D eigenvalue weighted by Crippen LogP contribution is 2.36. The number of alkyl halides is 3. The molecule has 0 bridgehead atoms. The van der Waals surface area contributed by atoms with Gasteiger partial charge in [-0.15, -0.1) is 16.9 Å². The molecule has 12 heteroatoms. The monoisotopic (exact) mass is 446 g/mol. The van der Waals surface area contributed by atoms with Crippen molar-refractivity contribution >= 4 is 38.8 Å². The fourth-order valence-electron chi connectivity index (χ4n) is 3.10. The van der Waals surface area contributed by atoms with Crippen molar-refractivity contribution in [2.45, 2.75) is 12.7 Å². The van der Waals surface area contributed by atoms with Crippen molar-refractivity contribution < 1.29 is 18.0 Å². The first-order valence-corrected chi connectivity index (χ1v) is 9.65. The van der Waals surface area contributed by atoms with Crippen molar-refractivity contribution in [1.82, 2.24) is 15.5 Å². The fourth-order valence-corrected chi connectivity index (χ4v) is 3.99. The Labute approximate surface area is 176 Å². The molecule has 1 aromatic carbocycles. The average molecular weight is 446 g/mol. The first kappa shape index (κ1) is 20.5. The number of rotatable bonds is 4. The molecule has 0 saturated heterocycles. The van der Waals surface area contributed by atoms with Crippen LogP contribution in [0.3, 0.4) is 0 Å². The highest BCUT2D eigenvalue weighted by atomic mass is 32.1. The van der Waals surface area contributed by atoms with Crippen LogP contribution in [0.25, 0.3) is 10.9 Å². The Kier molecular flexibility index (Phi) is 5.14. The smallest absolute Gasteiger partial charge is 0.314 e. The van der Waals surface area contributed by atoms with E-state index in [2.05, 4.69) is 16.3 Å². The number of fused-ring (bicyclic) bond motifs is 1. The number of amides is 1. The molecule has 1 aliphatic heterocycles. The molecule has 1 aliphatic rings. The molecule has 0 radical (unpaired) electrons. The number of nitriles is 1. The Morgan fingerprint density at radius 2 is 2.06 bits per heavy atom. The molecule has 31 heavy (non-hydrogen) atoms. The number of aromatic nitrogens is 1. The molecule has 0 saturated carbocycles. The van der Waals surface area contributed by atoms with Gasteiger partial charge in [0.25, 0.3) is 5.56 Å². The van der Waals surface area contributed by atoms with Crippen LogP contribution in [0, 0.1) is 11.3 Å². The van der Waals surface area contributed by atoms with Crippen molar-refractivity contribution in [2.75, 3.05) is 10.3 Å². The van der Waals surface area contributed by atoms with E-state index in [0.29, 0.717) is 16.3 Å². The number of carbonyl (C=O) groups excluding carboxylic acids is 1. The molecule has 8 nitrogen and oxygen atoms in total. The van der Waals surface area contributed by atoms with Crippen LogP contribution in [-0.4, -0.2) is 10.5 Å². The summed E-state index contributed by atoms with van der Waals surface area (Å²) >= 11 is 1.13. The molecule has 4 rings (SSSR count). The first-order chi connectivity index (χ1) is 14.8. The lowest BCUT2D eigenvalue weighted by Gasteiger charge is -2.17. The van der Waals surface area contributed by atoms with E-state index in [0.717, 1.165) is 34.1 Å². The maximum Gasteiger partial charge on any atom is 0.416 e. The number of carbonyl (C=O) groups is 1. The van der Waals surface area contributed by atoms with Gasteiger partial charge in [-0.2, -0.15) is 18.4 Å². The SMILES string of the molecule is N#Cc1csc(NC(=O)Cn2c(=O)ccc3cc(C(F)(F)F)ccc32)c1N1C=CNN1. The molecular weight excluding hydrogens is 433 g/mol. The average Bonchev–Trinajstić information content (AvgIpc) is 3.38. The van der Waals surface area contributed by atoms with E-state index in [-0.39, 0.29) is 10.9 Å². The number of hydrogen-bond donors (Lipinski definition) is 3. The largest absolute Gasteiger partial charge is 0.416 e. The highest BCUT2D eigenvalue weighted by molar-refractivity contribution is 7.15. The number of benzene rings is 1. The topological polar surface area (TPSA) is 102 Å². The molecule has 158 valence electrons. The lowest BCUT2D eigenvalue weighted by atomic mass is 10.1. The zero-order valence-electron chi connectivity index (χ0n) is 15.5. The fraction of sp³-hybridized carbons (Fsp3) is 0.105. The number of nitrogens with one attached hydrogen (secondary N) is 3. The van der Waals surface area contributed by atoms with E-state index in [9.17, 15) is 28.0 Å². The summed E-state index contributed by atoms with van der Waals surface area (Å²) in [6.45, 7) is -0.414. The summed E-state index contributed by atoms with van der Waals surface area (Å²) in [7, 11) is 0. The van der Waals surface area contributed by atoms with Crippen molar-refractivity contribution in [3.63, 3.8) is 0 Å². The molecule has 3 heterocycles. The Morgan fingerprint density at radius 3 is 2.74 bits per heavy atom. The van der Waals surface area contributed by atoms with E-state index >= 15 is 0 Å². The summed E-state index contributed by atoms with van der Waals surface area (Å²) in [5.41, 5.74) is 5.07. The predicted molar refractivity (Wildman–Crippen MR) is 109 cm³/mol. The third-order valence-electron chi connectivity index (χ3n) is 4.49. The number of halogens is 3. The number of anilines is 2. The summed E-state index contributed by atoms with van der Waals surface area (Å²) in [5.74, 6) is -0.571. The summed E-state index contributed by atoms with van der Waals surface area (Å²) in [6, 6.07) is 7.40. The Hall–Kier alpha value is -3.82. The van der Waals surface area contributed by atoms with E-state index < -0.39 is 29.8 Å². The van der Waals surface area contributed by atoms with Gasteiger partial charge >= 0.3 is 6.18 Å². The normalized spacial score (nSPS) is 13.3. The third kappa shape index (κ3) is 3.96. The van der Waals surface area contributed by atoms with Gasteiger partial charge in [-0.1, -0.05) is 0 Å². The van der Waals surface area contributed by atoms with Crippen LogP contribution >= 0.6 is 11.3 Å². The van der Waals surface area contributed by atoms with Crippen molar-refractivity contribution in [2.24, 2.45) is 0 Å². The molecular formula is C19H13F3N6O2S. The van der Waals surface area contributed by atoms with Crippen molar-refractivity contribution in [3.05, 3.63) is 69.6 Å². The number of hydrogen-bond acceptors (Lipinski definition) is 7. The lowest BCUT2D eigenvalue weighted by molar-refractivity contribution is -0.137. The Morgan fingerprint density at radius 1 is 1.26 bits per heavy atom. The van der Waals surface area contributed by atoms with Gasteiger partial charge in [0.15, 0.2) is 0 Å². The molecule has 1 amide bonds. The van der Waals surface area contributed by atoms with Crippen LogP contribution in [0.4, 0.5) is 23.9 Å². The second-order valence-corrected chi connectivity index (χ2v) is 7.34. The minimum Gasteiger partial charge on any atom is -0.314 e. The van der Waals surface area contributed by atoms with Crippen molar-refractivity contribution in [1.29, 1.82) is 5.26 Å². The van der Waals surface area contributed by atoms with Gasteiger partial charge in [0, 0.05) is 23.8 Å². The van der Waals surface area contributed by atoms with Gasteiger partial charge in [-0.05, 0) is 29.7 Å². The minimum absolute atomic E-state index is 0.184. The highest BCUT2D eigenvalue weighted by Gasteiger charge is 2.30. The van der Waals surface area contributed by atoms with E-state index in [4.69, 9.17) is 0 Å². The third-order valence-corrected chi connectivity index (χ3v) is 5.37. The number of hydrazine groups is 2. The number of pyridine rings is 1. The van der Waals surface area contributed by atoms with Crippen molar-refractivity contribution in [3.8, 4) is 6.07 Å². The first-order valence-electron chi connectivity index (χ1n) is 8.77. The van der Waals surface area contributed by atoms with Crippen LogP contribution in [0.5, 0.6) is 0 Å². The van der Waals surface area contributed by atoms with Gasteiger partial charge in [-0.25, -0.2) is 0 Å². The van der Waals surface area contributed by atoms with E-state index in [1.165, 1.54) is 17.1 Å². The zero-order valence-corrected chi connectivity index (χ0v) is 16.3.